The maximum absolute atomic E-state index is 11.5. The quantitative estimate of drug-likeness (QED) is 0.766. The Kier molecular flexibility index (Phi) is 4.43. The number of ether oxygens (including phenoxy) is 1. The number of nitrogens with zero attached hydrogens (tertiary/aromatic N) is 1. The summed E-state index contributed by atoms with van der Waals surface area (Å²) in [5, 5.41) is 3.16. The van der Waals surface area contributed by atoms with E-state index >= 15 is 0 Å². The largest absolute Gasteiger partial charge is 0.466 e. The molecule has 0 spiro atoms. The third-order valence-electron chi connectivity index (χ3n) is 2.67. The summed E-state index contributed by atoms with van der Waals surface area (Å²) in [6.07, 6.45) is 3.74. The molecule has 0 saturated carbocycles. The first-order valence-corrected chi connectivity index (χ1v) is 5.37. The molecule has 0 aromatic carbocycles. The molecule has 1 aromatic rings. The predicted octanol–water partition coefficient (Wildman–Crippen LogP) is 1.47. The summed E-state index contributed by atoms with van der Waals surface area (Å²) in [5.41, 5.74) is 0.618. The Morgan fingerprint density at radius 2 is 2.12 bits per heavy atom. The number of nitrogens with one attached hydrogen (secondary N) is 1. The second-order valence-electron chi connectivity index (χ2n) is 3.80. The minimum absolute atomic E-state index is 0.198. The van der Waals surface area contributed by atoms with Gasteiger partial charge in [-0.05, 0) is 38.6 Å². The van der Waals surface area contributed by atoms with Crippen LogP contribution in [-0.4, -0.2) is 24.6 Å². The maximum atomic E-state index is 11.5. The van der Waals surface area contributed by atoms with Crippen LogP contribution >= 0.6 is 0 Å². The van der Waals surface area contributed by atoms with Gasteiger partial charge in [-0.1, -0.05) is 0 Å². The molecule has 1 atom stereocenters. The van der Waals surface area contributed by atoms with Crippen LogP contribution in [0, 0.1) is 0 Å². The average molecular weight is 222 g/mol. The van der Waals surface area contributed by atoms with Gasteiger partial charge in [0.25, 0.3) is 0 Å². The van der Waals surface area contributed by atoms with Gasteiger partial charge in [0.1, 0.15) is 0 Å². The van der Waals surface area contributed by atoms with Crippen molar-refractivity contribution in [1.82, 2.24) is 10.3 Å². The average Bonchev–Trinajstić information content (AvgIpc) is 2.30. The molecule has 0 aliphatic rings. The van der Waals surface area contributed by atoms with Gasteiger partial charge in [-0.2, -0.15) is 0 Å². The van der Waals surface area contributed by atoms with Crippen molar-refractivity contribution in [3.8, 4) is 0 Å². The SMILES string of the molecule is CCOC(=O)CC(C)(NC)c1ccncc1. The van der Waals surface area contributed by atoms with Crippen LogP contribution in [0.5, 0.6) is 0 Å². The molecular weight excluding hydrogens is 204 g/mol. The van der Waals surface area contributed by atoms with Crippen molar-refractivity contribution in [2.45, 2.75) is 25.8 Å². The van der Waals surface area contributed by atoms with Crippen LogP contribution in [0.4, 0.5) is 0 Å². The second kappa shape index (κ2) is 5.61. The number of hydrogen-bond acceptors (Lipinski definition) is 4. The molecule has 0 aliphatic heterocycles. The van der Waals surface area contributed by atoms with Crippen molar-refractivity contribution >= 4 is 5.97 Å². The summed E-state index contributed by atoms with van der Waals surface area (Å²) in [6, 6.07) is 3.80. The molecule has 1 rings (SSSR count). The van der Waals surface area contributed by atoms with Gasteiger partial charge in [-0.15, -0.1) is 0 Å². The van der Waals surface area contributed by atoms with Gasteiger partial charge in [-0.3, -0.25) is 9.78 Å². The third-order valence-corrected chi connectivity index (χ3v) is 2.67. The van der Waals surface area contributed by atoms with Crippen molar-refractivity contribution < 1.29 is 9.53 Å². The highest BCUT2D eigenvalue weighted by atomic mass is 16.5. The first-order valence-electron chi connectivity index (χ1n) is 5.37. The Morgan fingerprint density at radius 3 is 2.62 bits per heavy atom. The predicted molar refractivity (Wildman–Crippen MR) is 61.9 cm³/mol. The van der Waals surface area contributed by atoms with Crippen LogP contribution in [0.25, 0.3) is 0 Å². The van der Waals surface area contributed by atoms with Crippen LogP contribution < -0.4 is 5.32 Å². The number of carbonyl (C=O) groups excluding carboxylic acids is 1. The first kappa shape index (κ1) is 12.6. The zero-order chi connectivity index (χ0) is 12.0. The molecule has 1 unspecified atom stereocenters. The monoisotopic (exact) mass is 222 g/mol. The maximum Gasteiger partial charge on any atom is 0.307 e. The van der Waals surface area contributed by atoms with E-state index in [4.69, 9.17) is 4.74 Å². The van der Waals surface area contributed by atoms with Crippen LogP contribution in [0.1, 0.15) is 25.8 Å². The zero-order valence-corrected chi connectivity index (χ0v) is 9.99. The van der Waals surface area contributed by atoms with Crippen LogP contribution in [0.3, 0.4) is 0 Å². The number of esters is 1. The van der Waals surface area contributed by atoms with Gasteiger partial charge in [0, 0.05) is 12.4 Å². The number of carbonyl (C=O) groups is 1. The summed E-state index contributed by atoms with van der Waals surface area (Å²) in [6.45, 7) is 4.19. The molecule has 1 heterocycles. The third kappa shape index (κ3) is 3.03. The highest BCUT2D eigenvalue weighted by Gasteiger charge is 2.28. The highest BCUT2D eigenvalue weighted by molar-refractivity contribution is 5.71. The van der Waals surface area contributed by atoms with Gasteiger partial charge in [0.2, 0.25) is 0 Å². The molecule has 1 N–H and O–H groups in total. The lowest BCUT2D eigenvalue weighted by Gasteiger charge is -2.28. The second-order valence-corrected chi connectivity index (χ2v) is 3.80. The van der Waals surface area contributed by atoms with E-state index in [1.54, 1.807) is 19.3 Å². The molecule has 0 radical (unpaired) electrons. The number of rotatable bonds is 5. The normalized spacial score (nSPS) is 14.2. The highest BCUT2D eigenvalue weighted by Crippen LogP contribution is 2.23. The van der Waals surface area contributed by atoms with Gasteiger partial charge < -0.3 is 10.1 Å². The minimum atomic E-state index is -0.408. The Bertz CT molecular complexity index is 340. The van der Waals surface area contributed by atoms with E-state index in [-0.39, 0.29) is 5.97 Å². The lowest BCUT2D eigenvalue weighted by molar-refractivity contribution is -0.144. The van der Waals surface area contributed by atoms with Crippen LogP contribution in [0.2, 0.25) is 0 Å². The van der Waals surface area contributed by atoms with Crippen molar-refractivity contribution in [3.63, 3.8) is 0 Å². The van der Waals surface area contributed by atoms with E-state index in [9.17, 15) is 4.79 Å². The molecular formula is C12H18N2O2. The Balaban J connectivity index is 2.82. The Labute approximate surface area is 96.0 Å². The Hall–Kier alpha value is -1.42. The van der Waals surface area contributed by atoms with Crippen molar-refractivity contribution in [2.75, 3.05) is 13.7 Å². The fourth-order valence-electron chi connectivity index (χ4n) is 1.56. The van der Waals surface area contributed by atoms with E-state index in [0.29, 0.717) is 13.0 Å². The van der Waals surface area contributed by atoms with Crippen molar-refractivity contribution in [2.24, 2.45) is 0 Å². The van der Waals surface area contributed by atoms with Gasteiger partial charge >= 0.3 is 5.97 Å². The van der Waals surface area contributed by atoms with Gasteiger partial charge in [0.15, 0.2) is 0 Å². The molecule has 4 heteroatoms. The summed E-state index contributed by atoms with van der Waals surface area (Å²) in [7, 11) is 1.83. The fourth-order valence-corrected chi connectivity index (χ4v) is 1.56. The van der Waals surface area contributed by atoms with E-state index in [2.05, 4.69) is 10.3 Å². The molecule has 88 valence electrons. The molecule has 1 aromatic heterocycles. The van der Waals surface area contributed by atoms with Crippen LogP contribution in [-0.2, 0) is 15.1 Å². The van der Waals surface area contributed by atoms with E-state index in [1.165, 1.54) is 0 Å². The van der Waals surface area contributed by atoms with E-state index in [1.807, 2.05) is 26.1 Å². The number of pyridine rings is 1. The molecule has 0 aliphatic carbocycles. The van der Waals surface area contributed by atoms with Gasteiger partial charge in [-0.25, -0.2) is 0 Å². The Morgan fingerprint density at radius 1 is 1.50 bits per heavy atom. The van der Waals surface area contributed by atoms with E-state index < -0.39 is 5.54 Å². The lowest BCUT2D eigenvalue weighted by Crippen LogP contribution is -2.39. The summed E-state index contributed by atoms with van der Waals surface area (Å²) in [5.74, 6) is -0.198. The zero-order valence-electron chi connectivity index (χ0n) is 9.99. The topological polar surface area (TPSA) is 51.2 Å². The summed E-state index contributed by atoms with van der Waals surface area (Å²) >= 11 is 0. The summed E-state index contributed by atoms with van der Waals surface area (Å²) < 4.78 is 4.97. The molecule has 0 amide bonds. The van der Waals surface area contributed by atoms with Crippen LogP contribution in [0.15, 0.2) is 24.5 Å². The first-order chi connectivity index (χ1) is 7.62. The van der Waals surface area contributed by atoms with Gasteiger partial charge in [0.05, 0.1) is 18.6 Å². The smallest absolute Gasteiger partial charge is 0.307 e. The number of hydrogen-bond donors (Lipinski definition) is 1. The summed E-state index contributed by atoms with van der Waals surface area (Å²) in [4.78, 5) is 15.5. The molecule has 4 nitrogen and oxygen atoms in total. The van der Waals surface area contributed by atoms with Crippen molar-refractivity contribution in [1.29, 1.82) is 0 Å². The minimum Gasteiger partial charge on any atom is -0.466 e. The fraction of sp³-hybridized carbons (Fsp3) is 0.500. The van der Waals surface area contributed by atoms with E-state index in [0.717, 1.165) is 5.56 Å². The molecule has 0 fully saturated rings. The number of aromatic nitrogens is 1. The van der Waals surface area contributed by atoms with Crippen molar-refractivity contribution in [3.05, 3.63) is 30.1 Å². The lowest BCUT2D eigenvalue weighted by atomic mass is 9.89. The molecule has 0 saturated heterocycles. The molecule has 16 heavy (non-hydrogen) atoms. The molecule has 0 bridgehead atoms. The standard InChI is InChI=1S/C12H18N2O2/c1-4-16-11(15)9-12(2,13-3)10-5-7-14-8-6-10/h5-8,13H,4,9H2,1-3H3.